The molecule has 0 radical (unpaired) electrons. The van der Waals surface area contributed by atoms with Gasteiger partial charge in [-0.25, -0.2) is 8.42 Å². The van der Waals surface area contributed by atoms with Crippen LogP contribution in [0.25, 0.3) is 0 Å². The second kappa shape index (κ2) is 35.1. The molecular weight excluding hydrogens is 1260 g/mol. The first-order valence-corrected chi connectivity index (χ1v) is 29.6. The smallest absolute Gasteiger partial charge is 0.726 e. The van der Waals surface area contributed by atoms with Crippen molar-refractivity contribution in [3.63, 3.8) is 0 Å². The van der Waals surface area contributed by atoms with E-state index < -0.39 is 107 Å². The van der Waals surface area contributed by atoms with Crippen molar-refractivity contribution in [3.8, 4) is 17.2 Å². The number of amides is 4. The summed E-state index contributed by atoms with van der Waals surface area (Å²) in [5.74, 6) is -0.259. The maximum Gasteiger partial charge on any atom is 1.00 e. The Morgan fingerprint density at radius 1 is 0.634 bits per heavy atom. The van der Waals surface area contributed by atoms with Gasteiger partial charge in [0.1, 0.15) is 47.7 Å². The van der Waals surface area contributed by atoms with Gasteiger partial charge in [-0.3, -0.25) is 50.4 Å². The number of aliphatic hydroxyl groups is 3. The summed E-state index contributed by atoms with van der Waals surface area (Å²) in [5.41, 5.74) is 2.15. The number of nitro groups is 2. The average Bonchev–Trinajstić information content (AvgIpc) is 0.790. The van der Waals surface area contributed by atoms with Crippen molar-refractivity contribution in [2.24, 2.45) is 5.92 Å². The number of rotatable bonds is 16. The molecule has 10 rings (SSSR count). The predicted octanol–water partition coefficient (Wildman–Crippen LogP) is 0.617. The second-order valence-corrected chi connectivity index (χ2v) is 21.7. The number of fused-ring (bicyclic) bond motifs is 2. The van der Waals surface area contributed by atoms with Gasteiger partial charge in [0.15, 0.2) is 18.9 Å². The zero-order valence-corrected chi connectivity index (χ0v) is 53.4. The molecule has 0 saturated carbocycles. The fourth-order valence-corrected chi connectivity index (χ4v) is 9.89. The minimum absolute atomic E-state index is 0. The quantitative estimate of drug-likeness (QED) is 0.0128. The van der Waals surface area contributed by atoms with Crippen LogP contribution in [0.15, 0.2) is 146 Å². The van der Waals surface area contributed by atoms with E-state index in [1.54, 1.807) is 24.3 Å². The topological polar surface area (TPSA) is 433 Å². The SMILES string of the molecule is C=CC(=O)Nc1ccc(O[C@@H]2OC(CO)[C@@H](O)[CH-]C2NC(C)=O)cc1.CC(=O)NC1[C@H](Oc2ccc([N+](=O)[O-])cc2)OC2COC(c3ccccc3)O[C@H]2[C@@H]1C.CC(=O)NC1[C@H](Oc2ccc([N+](=O)[O-])cc2)OC2COC(c3ccccc3)O[C@H]2[C@@H]1O.O=S(=O)([O-])O.[Na+]. The number of nitrogens with zero attached hydrogens (tertiary/aromatic N) is 2. The Hall–Kier alpha value is -7.61. The van der Waals surface area contributed by atoms with Crippen LogP contribution in [-0.2, 0) is 62.7 Å². The molecule has 5 fully saturated rings. The second-order valence-electron chi connectivity index (χ2n) is 20.9. The standard InChI is InChI=1S/C22H24N2O7.C21H22N2O8.C17H21N2O6.Na.H2O4S/c1-13-19(23-14(2)25)22(29-17-10-8-16(9-11-17)24(26)27)30-18-12-28-21(31-20(13)18)15-6-4-3-5-7-15;1-12(24)22-17-18(25)19-16(11-28-20(31-19)13-5-3-2-4-6-13)30-21(17)29-15-9-7-14(8-10-15)23(26)27;1-3-16(23)19-11-4-6-12(7-5-11)24-17-13(18-10(2)21)8-14(22)15(9-20)25-17;;1-5(2,3)4/h3-11,13,18-22H,12H2,1-2H3,(H,23,25);2-10,16-21,25H,11H2,1H3,(H,22,24);3-8,13-15,17,20,22H,1,9H2,2H3,(H,18,21)(H,19,23);;(H2,1,2,3,4)/q;;-1;+1;/p-1/t13-,18?,19?,20+,21?,22-;16?,17?,18-,19-,20?,21-;13?,14-,15?,17+;;/m110../s1. The molecule has 5 aliphatic rings. The number of ether oxygens (including phenoxy) is 10. The molecule has 0 spiro atoms. The van der Waals surface area contributed by atoms with Crippen molar-refractivity contribution in [1.29, 1.82) is 0 Å². The molecule has 0 bridgehead atoms. The van der Waals surface area contributed by atoms with Gasteiger partial charge in [0, 0.05) is 67.8 Å². The third-order valence-corrected chi connectivity index (χ3v) is 14.1. The summed E-state index contributed by atoms with van der Waals surface area (Å²) < 4.78 is 91.7. The van der Waals surface area contributed by atoms with E-state index in [0.717, 1.165) is 17.2 Å². The van der Waals surface area contributed by atoms with E-state index in [2.05, 4.69) is 27.8 Å². The van der Waals surface area contributed by atoms with Crippen LogP contribution in [-0.4, -0.2) is 166 Å². The van der Waals surface area contributed by atoms with E-state index in [1.165, 1.54) is 75.7 Å². The zero-order valence-electron chi connectivity index (χ0n) is 50.6. The van der Waals surface area contributed by atoms with Crippen LogP contribution in [0, 0.1) is 32.6 Å². The van der Waals surface area contributed by atoms with Crippen LogP contribution in [0.2, 0.25) is 0 Å². The van der Waals surface area contributed by atoms with Gasteiger partial charge in [-0.1, -0.05) is 74.2 Å². The molecule has 31 nitrogen and oxygen atoms in total. The molecule has 5 heterocycles. The van der Waals surface area contributed by atoms with Crippen molar-refractivity contribution >= 4 is 51.1 Å². The Kier molecular flexibility index (Phi) is 28.1. The summed E-state index contributed by atoms with van der Waals surface area (Å²) in [5, 5.41) is 62.6. The third-order valence-electron chi connectivity index (χ3n) is 14.1. The summed E-state index contributed by atoms with van der Waals surface area (Å²) in [4.78, 5) is 66.9. The van der Waals surface area contributed by atoms with E-state index in [0.29, 0.717) is 23.8 Å². The maximum absolute atomic E-state index is 11.9. The molecule has 33 heteroatoms. The molecule has 5 saturated heterocycles. The Morgan fingerprint density at radius 2 is 1.04 bits per heavy atom. The van der Waals surface area contributed by atoms with Crippen molar-refractivity contribution < 1.29 is 139 Å². The minimum Gasteiger partial charge on any atom is -0.726 e. The Balaban J connectivity index is 0.000000213. The fraction of sp³-hybridized carbons (Fsp3) is 0.383. The summed E-state index contributed by atoms with van der Waals surface area (Å²) in [6.45, 7) is 9.50. The molecule has 8 N–H and O–H groups in total. The van der Waals surface area contributed by atoms with E-state index in [-0.39, 0.29) is 95.0 Å². The van der Waals surface area contributed by atoms with E-state index >= 15 is 0 Å². The number of carbonyl (C=O) groups is 4. The monoisotopic (exact) mass is 1330 g/mol. The van der Waals surface area contributed by atoms with Gasteiger partial charge in [0.05, 0.1) is 47.9 Å². The molecule has 0 aliphatic carbocycles. The van der Waals surface area contributed by atoms with E-state index in [1.807, 2.05) is 67.6 Å². The van der Waals surface area contributed by atoms with Gasteiger partial charge in [0.25, 0.3) is 11.4 Å². The summed E-state index contributed by atoms with van der Waals surface area (Å²) in [6, 6.07) is 34.5. The summed E-state index contributed by atoms with van der Waals surface area (Å²) >= 11 is 0. The van der Waals surface area contributed by atoms with Crippen LogP contribution >= 0.6 is 0 Å². The molecular formula is C60H68N6NaO25S-. The van der Waals surface area contributed by atoms with Crippen LogP contribution in [0.3, 0.4) is 0 Å². The van der Waals surface area contributed by atoms with Gasteiger partial charge in [0.2, 0.25) is 46.6 Å². The first-order valence-electron chi connectivity index (χ1n) is 28.2. The van der Waals surface area contributed by atoms with Gasteiger partial charge < -0.3 is 88.5 Å². The Bertz CT molecular complexity index is 3230. The zero-order chi connectivity index (χ0) is 66.8. The molecule has 4 amide bonds. The molecule has 5 aromatic rings. The van der Waals surface area contributed by atoms with Crippen LogP contribution in [0.1, 0.15) is 51.4 Å². The van der Waals surface area contributed by atoms with Crippen molar-refractivity contribution in [2.45, 2.75) is 120 Å². The van der Waals surface area contributed by atoms with Crippen molar-refractivity contribution in [1.82, 2.24) is 16.0 Å². The number of anilines is 1. The van der Waals surface area contributed by atoms with Crippen LogP contribution in [0.4, 0.5) is 17.1 Å². The van der Waals surface area contributed by atoms with Gasteiger partial charge in [-0.05, 0) is 66.8 Å². The average molecular weight is 1330 g/mol. The predicted molar refractivity (Wildman–Crippen MR) is 317 cm³/mol. The van der Waals surface area contributed by atoms with E-state index in [9.17, 15) is 54.7 Å². The van der Waals surface area contributed by atoms with E-state index in [4.69, 9.17) is 64.9 Å². The first kappa shape index (κ1) is 74.4. The van der Waals surface area contributed by atoms with Gasteiger partial charge in [-0.15, -0.1) is 0 Å². The largest absolute Gasteiger partial charge is 1.00 e. The van der Waals surface area contributed by atoms with Crippen molar-refractivity contribution in [2.75, 3.05) is 25.1 Å². The summed E-state index contributed by atoms with van der Waals surface area (Å²) in [6.07, 6.45) is -6.46. The third kappa shape index (κ3) is 22.3. The molecule has 0 aromatic heterocycles. The molecule has 16 atom stereocenters. The number of nitrogens with one attached hydrogen (secondary N) is 4. The van der Waals surface area contributed by atoms with Gasteiger partial charge >= 0.3 is 29.6 Å². The van der Waals surface area contributed by atoms with Gasteiger partial charge in [-0.2, -0.15) is 0 Å². The molecule has 496 valence electrons. The molecule has 8 unspecified atom stereocenters. The number of nitro benzene ring substituents is 2. The number of benzene rings is 5. The molecule has 93 heavy (non-hydrogen) atoms. The van der Waals surface area contributed by atoms with Crippen LogP contribution in [0.5, 0.6) is 17.2 Å². The Labute approximate surface area is 555 Å². The number of hydrogen-bond acceptors (Lipinski definition) is 24. The minimum atomic E-state index is -4.92. The first-order chi connectivity index (χ1) is 43.8. The summed E-state index contributed by atoms with van der Waals surface area (Å²) in [7, 11) is -4.92. The Morgan fingerprint density at radius 3 is 1.47 bits per heavy atom. The normalized spacial score (nSPS) is 27.6. The fourth-order valence-electron chi connectivity index (χ4n) is 9.89. The number of hydrogen-bond donors (Lipinski definition) is 8. The number of carbonyl (C=O) groups excluding carboxylic acids is 4. The molecule has 5 aliphatic heterocycles. The maximum atomic E-state index is 11.9. The van der Waals surface area contributed by atoms with Crippen LogP contribution < -0.4 is 65.0 Å². The number of non-ortho nitro benzene ring substituents is 2. The van der Waals surface area contributed by atoms with Crippen molar-refractivity contribution in [3.05, 3.63) is 184 Å². The number of aliphatic hydroxyl groups excluding tert-OH is 3. The molecule has 5 aromatic carbocycles.